The van der Waals surface area contributed by atoms with Gasteiger partial charge in [-0.05, 0) is 18.9 Å². The summed E-state index contributed by atoms with van der Waals surface area (Å²) in [4.78, 5) is 28.5. The number of hydrogen-bond donors (Lipinski definition) is 2. The first-order valence-corrected chi connectivity index (χ1v) is 5.80. The smallest absolute Gasteiger partial charge is 0.308 e. The minimum absolute atomic E-state index is 0.208. The molecule has 0 radical (unpaired) electrons. The van der Waals surface area contributed by atoms with Crippen molar-refractivity contribution in [3.8, 4) is 0 Å². The molecular formula is C12H15N3O3. The molecule has 0 aliphatic carbocycles. The molecule has 0 saturated carbocycles. The van der Waals surface area contributed by atoms with E-state index in [0.717, 1.165) is 0 Å². The van der Waals surface area contributed by atoms with Crippen molar-refractivity contribution in [1.29, 1.82) is 0 Å². The van der Waals surface area contributed by atoms with Gasteiger partial charge in [0.2, 0.25) is 0 Å². The second-order valence-corrected chi connectivity index (χ2v) is 4.44. The molecule has 1 aromatic heterocycles. The van der Waals surface area contributed by atoms with Crippen LogP contribution in [0.15, 0.2) is 18.5 Å². The molecule has 96 valence electrons. The Balaban J connectivity index is 2.11. The van der Waals surface area contributed by atoms with Crippen LogP contribution in [0.1, 0.15) is 23.2 Å². The number of pyridine rings is 1. The Labute approximate surface area is 104 Å². The molecule has 1 saturated heterocycles. The second kappa shape index (κ2) is 5.03. The number of anilines is 1. The van der Waals surface area contributed by atoms with Crippen LogP contribution in [-0.2, 0) is 4.79 Å². The summed E-state index contributed by atoms with van der Waals surface area (Å²) in [6, 6.07) is 1.56. The molecule has 2 heterocycles. The zero-order valence-corrected chi connectivity index (χ0v) is 9.87. The van der Waals surface area contributed by atoms with E-state index in [1.807, 2.05) is 0 Å². The van der Waals surface area contributed by atoms with Crippen molar-refractivity contribution in [2.45, 2.75) is 12.8 Å². The average Bonchev–Trinajstić information content (AvgIpc) is 2.38. The number of carboxylic acids is 1. The number of carboxylic acid groups (broad SMARTS) is 1. The van der Waals surface area contributed by atoms with Gasteiger partial charge in [-0.2, -0.15) is 0 Å². The lowest BCUT2D eigenvalue weighted by atomic mass is 9.98. The Bertz CT molecular complexity index is 475. The van der Waals surface area contributed by atoms with Crippen LogP contribution in [0.25, 0.3) is 0 Å². The van der Waals surface area contributed by atoms with Crippen molar-refractivity contribution in [3.63, 3.8) is 0 Å². The summed E-state index contributed by atoms with van der Waals surface area (Å²) in [6.45, 7) is 0.834. The van der Waals surface area contributed by atoms with Crippen LogP contribution in [0, 0.1) is 5.92 Å². The van der Waals surface area contributed by atoms with Crippen LogP contribution >= 0.6 is 0 Å². The Morgan fingerprint density at radius 1 is 1.44 bits per heavy atom. The van der Waals surface area contributed by atoms with Crippen molar-refractivity contribution in [2.75, 3.05) is 18.8 Å². The molecular weight excluding hydrogens is 234 g/mol. The Kier molecular flexibility index (Phi) is 3.45. The predicted molar refractivity (Wildman–Crippen MR) is 64.9 cm³/mol. The lowest BCUT2D eigenvalue weighted by molar-refractivity contribution is -0.143. The normalized spacial score (nSPS) is 19.6. The molecule has 1 amide bonds. The maximum absolute atomic E-state index is 12.2. The monoisotopic (exact) mass is 249 g/mol. The number of nitrogens with two attached hydrogens (primary N) is 1. The average molecular weight is 249 g/mol. The highest BCUT2D eigenvalue weighted by Crippen LogP contribution is 2.19. The molecule has 0 bridgehead atoms. The van der Waals surface area contributed by atoms with Crippen LogP contribution in [0.3, 0.4) is 0 Å². The van der Waals surface area contributed by atoms with E-state index in [4.69, 9.17) is 10.8 Å². The molecule has 1 unspecified atom stereocenters. The highest BCUT2D eigenvalue weighted by Gasteiger charge is 2.28. The van der Waals surface area contributed by atoms with E-state index >= 15 is 0 Å². The van der Waals surface area contributed by atoms with Gasteiger partial charge in [0.25, 0.3) is 5.91 Å². The van der Waals surface area contributed by atoms with Crippen molar-refractivity contribution >= 4 is 17.6 Å². The molecule has 6 heteroatoms. The maximum Gasteiger partial charge on any atom is 0.308 e. The van der Waals surface area contributed by atoms with Gasteiger partial charge in [-0.3, -0.25) is 14.6 Å². The third-order valence-electron chi connectivity index (χ3n) is 3.06. The maximum atomic E-state index is 12.2. The van der Waals surface area contributed by atoms with E-state index in [9.17, 15) is 9.59 Å². The molecule has 1 fully saturated rings. The Morgan fingerprint density at radius 2 is 2.22 bits per heavy atom. The number of nitrogen functional groups attached to an aromatic ring is 1. The van der Waals surface area contributed by atoms with Crippen LogP contribution in [0.4, 0.5) is 5.69 Å². The molecule has 18 heavy (non-hydrogen) atoms. The largest absolute Gasteiger partial charge is 0.481 e. The van der Waals surface area contributed by atoms with Gasteiger partial charge >= 0.3 is 5.97 Å². The Hall–Kier alpha value is -2.11. The summed E-state index contributed by atoms with van der Waals surface area (Å²) in [5.41, 5.74) is 6.40. The van der Waals surface area contributed by atoms with Gasteiger partial charge in [0.15, 0.2) is 0 Å². The molecule has 0 spiro atoms. The topological polar surface area (TPSA) is 96.5 Å². The molecule has 1 aromatic rings. The van der Waals surface area contributed by atoms with Gasteiger partial charge in [0.05, 0.1) is 17.2 Å². The number of amides is 1. The number of nitrogens with zero attached hydrogens (tertiary/aromatic N) is 2. The number of aliphatic carboxylic acids is 1. The van der Waals surface area contributed by atoms with E-state index in [1.54, 1.807) is 11.0 Å². The molecule has 1 atom stereocenters. The fraction of sp³-hybridized carbons (Fsp3) is 0.417. The zero-order valence-electron chi connectivity index (χ0n) is 9.87. The van der Waals surface area contributed by atoms with E-state index in [0.29, 0.717) is 30.6 Å². The van der Waals surface area contributed by atoms with E-state index in [2.05, 4.69) is 4.98 Å². The Morgan fingerprint density at radius 3 is 2.89 bits per heavy atom. The van der Waals surface area contributed by atoms with Crippen molar-refractivity contribution < 1.29 is 14.7 Å². The summed E-state index contributed by atoms with van der Waals surface area (Å²) in [6.07, 6.45) is 4.24. The lowest BCUT2D eigenvalue weighted by Crippen LogP contribution is -2.42. The van der Waals surface area contributed by atoms with Gasteiger partial charge in [0.1, 0.15) is 0 Å². The van der Waals surface area contributed by atoms with Gasteiger partial charge in [-0.15, -0.1) is 0 Å². The molecule has 3 N–H and O–H groups in total. The molecule has 1 aliphatic heterocycles. The molecule has 2 rings (SSSR count). The summed E-state index contributed by atoms with van der Waals surface area (Å²) in [5, 5.41) is 8.98. The van der Waals surface area contributed by atoms with Gasteiger partial charge in [-0.25, -0.2) is 0 Å². The lowest BCUT2D eigenvalue weighted by Gasteiger charge is -2.30. The van der Waals surface area contributed by atoms with Crippen LogP contribution < -0.4 is 5.73 Å². The molecule has 1 aliphatic rings. The number of likely N-dealkylation sites (tertiary alicyclic amines) is 1. The number of aromatic nitrogens is 1. The van der Waals surface area contributed by atoms with Crippen LogP contribution in [-0.4, -0.2) is 40.0 Å². The number of carbonyl (C=O) groups excluding carboxylic acids is 1. The van der Waals surface area contributed by atoms with E-state index in [-0.39, 0.29) is 12.5 Å². The minimum Gasteiger partial charge on any atom is -0.481 e. The van der Waals surface area contributed by atoms with Crippen molar-refractivity contribution in [3.05, 3.63) is 24.0 Å². The summed E-state index contributed by atoms with van der Waals surface area (Å²) in [5.74, 6) is -1.53. The quantitative estimate of drug-likeness (QED) is 0.800. The predicted octanol–water partition coefficient (Wildman–Crippen LogP) is 0.601. The van der Waals surface area contributed by atoms with E-state index in [1.165, 1.54) is 12.4 Å². The SMILES string of the molecule is Nc1cncc(C(=O)N2CCCC(C(=O)O)C2)c1. The van der Waals surface area contributed by atoms with Crippen molar-refractivity contribution in [2.24, 2.45) is 5.92 Å². The van der Waals surface area contributed by atoms with Gasteiger partial charge < -0.3 is 15.7 Å². The van der Waals surface area contributed by atoms with Gasteiger partial charge in [-0.1, -0.05) is 0 Å². The number of piperidine rings is 1. The highest BCUT2D eigenvalue weighted by molar-refractivity contribution is 5.95. The molecule has 0 aromatic carbocycles. The first-order valence-electron chi connectivity index (χ1n) is 5.80. The second-order valence-electron chi connectivity index (χ2n) is 4.44. The fourth-order valence-electron chi connectivity index (χ4n) is 2.12. The van der Waals surface area contributed by atoms with Crippen LogP contribution in [0.5, 0.6) is 0 Å². The third kappa shape index (κ3) is 2.58. The van der Waals surface area contributed by atoms with Gasteiger partial charge in [0, 0.05) is 25.5 Å². The fourth-order valence-corrected chi connectivity index (χ4v) is 2.12. The van der Waals surface area contributed by atoms with E-state index < -0.39 is 11.9 Å². The summed E-state index contributed by atoms with van der Waals surface area (Å²) >= 11 is 0. The third-order valence-corrected chi connectivity index (χ3v) is 3.06. The first kappa shape index (κ1) is 12.3. The summed E-state index contributed by atoms with van der Waals surface area (Å²) < 4.78 is 0. The first-order chi connectivity index (χ1) is 8.58. The number of carbonyl (C=O) groups is 2. The standard InChI is InChI=1S/C12H15N3O3/c13-10-4-9(5-14-6-10)11(16)15-3-1-2-8(7-15)12(17)18/h4-6,8H,1-3,7,13H2,(H,17,18). The van der Waals surface area contributed by atoms with Crippen molar-refractivity contribution in [1.82, 2.24) is 9.88 Å². The molecule has 6 nitrogen and oxygen atoms in total. The summed E-state index contributed by atoms with van der Waals surface area (Å²) in [7, 11) is 0. The van der Waals surface area contributed by atoms with Crippen LogP contribution in [0.2, 0.25) is 0 Å². The highest BCUT2D eigenvalue weighted by atomic mass is 16.4. The number of hydrogen-bond acceptors (Lipinski definition) is 4. The minimum atomic E-state index is -0.849. The zero-order chi connectivity index (χ0) is 13.1. The number of rotatable bonds is 2.